The number of aromatic amines is 1. The molecule has 104 valence electrons. The number of alkyl halides is 3. The summed E-state index contributed by atoms with van der Waals surface area (Å²) in [5.74, 6) is -2.53. The molecule has 10 heteroatoms. The van der Waals surface area contributed by atoms with Gasteiger partial charge in [-0.15, -0.1) is 0 Å². The number of methoxy groups -OCH3 is 1. The zero-order valence-electron chi connectivity index (χ0n) is 9.74. The van der Waals surface area contributed by atoms with E-state index >= 15 is 0 Å². The van der Waals surface area contributed by atoms with E-state index in [2.05, 4.69) is 19.7 Å². The number of carbonyl (C=O) groups excluding carboxylic acids is 1. The van der Waals surface area contributed by atoms with Crippen molar-refractivity contribution in [1.82, 2.24) is 9.97 Å². The molecule has 1 aromatic heterocycles. The van der Waals surface area contributed by atoms with Crippen LogP contribution in [0.15, 0.2) is 16.1 Å². The average molecular weight is 279 g/mol. The lowest BCUT2D eigenvalue weighted by molar-refractivity contribution is -0.145. The van der Waals surface area contributed by atoms with Crippen LogP contribution in [0.5, 0.6) is 0 Å². The fourth-order valence-electron chi connectivity index (χ4n) is 1.09. The number of H-pyrrole nitrogens is 1. The maximum Gasteiger partial charge on any atom is 0.449 e. The molecule has 0 aliphatic heterocycles. The molecule has 0 aliphatic rings. The van der Waals surface area contributed by atoms with Crippen LogP contribution in [0.3, 0.4) is 0 Å². The lowest BCUT2D eigenvalue weighted by Crippen LogP contribution is -2.29. The number of ether oxygens (including phenoxy) is 1. The third-order valence-electron chi connectivity index (χ3n) is 1.88. The van der Waals surface area contributed by atoms with Crippen LogP contribution >= 0.6 is 0 Å². The van der Waals surface area contributed by atoms with Gasteiger partial charge in [0.2, 0.25) is 11.5 Å². The molecule has 0 aromatic carbocycles. The summed E-state index contributed by atoms with van der Waals surface area (Å²) in [6.45, 7) is 0. The first-order valence-electron chi connectivity index (χ1n) is 4.67. The summed E-state index contributed by atoms with van der Waals surface area (Å²) in [6, 6.07) is 0. The highest BCUT2D eigenvalue weighted by Crippen LogP contribution is 2.24. The van der Waals surface area contributed by atoms with Gasteiger partial charge >= 0.3 is 12.1 Å². The molecular formula is C9H8F3N3O4. The minimum absolute atomic E-state index is 0.498. The van der Waals surface area contributed by atoms with Crippen LogP contribution in [0.1, 0.15) is 11.4 Å². The highest BCUT2D eigenvalue weighted by Gasteiger charge is 2.34. The molecule has 1 aromatic rings. The van der Waals surface area contributed by atoms with Gasteiger partial charge in [0, 0.05) is 6.20 Å². The highest BCUT2D eigenvalue weighted by molar-refractivity contribution is 6.42. The Morgan fingerprint density at radius 3 is 2.47 bits per heavy atom. The summed E-state index contributed by atoms with van der Waals surface area (Å²) in [5, 5.41) is 3.22. The Balaban J connectivity index is 3.32. The Kier molecular flexibility index (Phi) is 4.25. The van der Waals surface area contributed by atoms with Crippen LogP contribution in [0, 0.1) is 0 Å². The van der Waals surface area contributed by atoms with Crippen LogP contribution < -0.4 is 5.56 Å². The van der Waals surface area contributed by atoms with Crippen molar-refractivity contribution in [3.8, 4) is 0 Å². The van der Waals surface area contributed by atoms with E-state index < -0.39 is 34.8 Å². The second kappa shape index (κ2) is 5.50. The largest absolute Gasteiger partial charge is 0.464 e. The van der Waals surface area contributed by atoms with Gasteiger partial charge in [-0.05, 0) is 0 Å². The molecule has 0 atom stereocenters. The lowest BCUT2D eigenvalue weighted by atomic mass is 10.2. The minimum Gasteiger partial charge on any atom is -0.464 e. The summed E-state index contributed by atoms with van der Waals surface area (Å²) in [6.07, 6.45) is -4.24. The van der Waals surface area contributed by atoms with Gasteiger partial charge in [-0.3, -0.25) is 4.79 Å². The zero-order chi connectivity index (χ0) is 14.6. The van der Waals surface area contributed by atoms with E-state index in [-0.39, 0.29) is 0 Å². The molecule has 0 spiro atoms. The Bertz CT molecular complexity index is 565. The van der Waals surface area contributed by atoms with Crippen LogP contribution in [0.2, 0.25) is 0 Å². The number of esters is 1. The van der Waals surface area contributed by atoms with Crippen molar-refractivity contribution < 1.29 is 27.5 Å². The van der Waals surface area contributed by atoms with E-state index in [4.69, 9.17) is 0 Å². The molecule has 0 radical (unpaired) electrons. The van der Waals surface area contributed by atoms with Crippen molar-refractivity contribution >= 4 is 11.7 Å². The van der Waals surface area contributed by atoms with Gasteiger partial charge in [-0.25, -0.2) is 9.78 Å². The Hall–Kier alpha value is -2.39. The topological polar surface area (TPSA) is 93.6 Å². The lowest BCUT2D eigenvalue weighted by Gasteiger charge is -2.06. The van der Waals surface area contributed by atoms with Crippen molar-refractivity contribution in [2.45, 2.75) is 6.18 Å². The number of carbonyl (C=O) groups is 1. The molecule has 7 nitrogen and oxygen atoms in total. The maximum absolute atomic E-state index is 12.3. The van der Waals surface area contributed by atoms with E-state index in [0.29, 0.717) is 6.20 Å². The number of nitrogens with one attached hydrogen (secondary N) is 1. The van der Waals surface area contributed by atoms with Gasteiger partial charge in [0.25, 0.3) is 5.56 Å². The second-order valence-corrected chi connectivity index (χ2v) is 3.09. The van der Waals surface area contributed by atoms with E-state index in [1.54, 1.807) is 0 Å². The molecule has 1 N–H and O–H groups in total. The fourth-order valence-corrected chi connectivity index (χ4v) is 1.09. The predicted octanol–water partition coefficient (Wildman–Crippen LogP) is 0.312. The average Bonchev–Trinajstić information content (AvgIpc) is 2.34. The van der Waals surface area contributed by atoms with Crippen LogP contribution in [-0.4, -0.2) is 35.9 Å². The Morgan fingerprint density at radius 1 is 1.42 bits per heavy atom. The van der Waals surface area contributed by atoms with E-state index in [1.807, 2.05) is 0 Å². The number of hydrogen-bond acceptors (Lipinski definition) is 6. The van der Waals surface area contributed by atoms with Crippen molar-refractivity contribution in [2.24, 2.45) is 5.16 Å². The molecule has 0 bridgehead atoms. The van der Waals surface area contributed by atoms with Crippen LogP contribution in [0.25, 0.3) is 0 Å². The quantitative estimate of drug-likeness (QED) is 0.488. The Morgan fingerprint density at radius 2 is 2.05 bits per heavy atom. The van der Waals surface area contributed by atoms with Crippen molar-refractivity contribution in [2.75, 3.05) is 14.2 Å². The molecule has 0 aliphatic carbocycles. The first-order valence-corrected chi connectivity index (χ1v) is 4.67. The van der Waals surface area contributed by atoms with Gasteiger partial charge in [-0.2, -0.15) is 13.2 Å². The van der Waals surface area contributed by atoms with Crippen molar-refractivity contribution in [3.05, 3.63) is 27.9 Å². The third kappa shape index (κ3) is 3.30. The molecular weight excluding hydrogens is 271 g/mol. The summed E-state index contributed by atoms with van der Waals surface area (Å²) < 4.78 is 41.2. The van der Waals surface area contributed by atoms with E-state index in [1.165, 1.54) is 4.98 Å². The van der Waals surface area contributed by atoms with Gasteiger partial charge in [0.1, 0.15) is 7.11 Å². The smallest absolute Gasteiger partial charge is 0.449 e. The van der Waals surface area contributed by atoms with Gasteiger partial charge in [0.05, 0.1) is 12.7 Å². The molecule has 0 unspecified atom stereocenters. The van der Waals surface area contributed by atoms with Gasteiger partial charge < -0.3 is 14.6 Å². The number of halogens is 3. The Labute approximate surface area is 104 Å². The molecule has 0 fully saturated rings. The first kappa shape index (κ1) is 14.7. The molecule has 0 saturated heterocycles. The zero-order valence-corrected chi connectivity index (χ0v) is 9.74. The molecule has 0 saturated carbocycles. The number of hydrogen-bond donors (Lipinski definition) is 1. The molecule has 1 heterocycles. The summed E-state index contributed by atoms with van der Waals surface area (Å²) in [4.78, 5) is 31.6. The standard InChI is InChI=1S/C9H8F3N3O4/c1-18-7(17)5(15-19-2)4-3-13-8(9(10,11)12)14-6(4)16/h3H,1-2H3,(H,13,14,16)/b15-5+. The normalized spacial score (nSPS) is 12.2. The maximum atomic E-state index is 12.3. The van der Waals surface area contributed by atoms with Crippen LogP contribution in [0.4, 0.5) is 13.2 Å². The summed E-state index contributed by atoms with van der Waals surface area (Å²) in [5.41, 5.74) is -2.28. The first-order chi connectivity index (χ1) is 8.81. The molecule has 19 heavy (non-hydrogen) atoms. The third-order valence-corrected chi connectivity index (χ3v) is 1.88. The number of oxime groups is 1. The fraction of sp³-hybridized carbons (Fsp3) is 0.333. The van der Waals surface area contributed by atoms with E-state index in [9.17, 15) is 22.8 Å². The predicted molar refractivity (Wildman–Crippen MR) is 55.4 cm³/mol. The van der Waals surface area contributed by atoms with E-state index in [0.717, 1.165) is 14.2 Å². The number of nitrogens with zero attached hydrogens (tertiary/aromatic N) is 2. The minimum atomic E-state index is -4.80. The van der Waals surface area contributed by atoms with Crippen molar-refractivity contribution in [1.29, 1.82) is 0 Å². The number of aromatic nitrogens is 2. The summed E-state index contributed by atoms with van der Waals surface area (Å²) in [7, 11) is 2.11. The second-order valence-electron chi connectivity index (χ2n) is 3.09. The number of rotatable bonds is 3. The summed E-state index contributed by atoms with van der Waals surface area (Å²) >= 11 is 0. The SMILES string of the molecule is CO/N=C(/C(=O)OC)c1cnc(C(F)(F)F)[nH]c1=O. The van der Waals surface area contributed by atoms with Gasteiger partial charge in [-0.1, -0.05) is 5.16 Å². The van der Waals surface area contributed by atoms with Crippen LogP contribution in [-0.2, 0) is 20.5 Å². The highest BCUT2D eigenvalue weighted by atomic mass is 19.4. The monoisotopic (exact) mass is 279 g/mol. The molecule has 0 amide bonds. The van der Waals surface area contributed by atoms with Crippen molar-refractivity contribution in [3.63, 3.8) is 0 Å². The van der Waals surface area contributed by atoms with Gasteiger partial charge in [0.15, 0.2) is 0 Å². The molecule has 1 rings (SSSR count).